The normalized spacial score (nSPS) is 22.1. The molecule has 1 atom stereocenters. The second-order valence-electron chi connectivity index (χ2n) is 11.6. The van der Waals surface area contributed by atoms with E-state index < -0.39 is 29.5 Å². The first-order chi connectivity index (χ1) is 19.4. The predicted molar refractivity (Wildman–Crippen MR) is 140 cm³/mol. The number of carbonyl (C=O) groups excluding carboxylic acids is 1. The summed E-state index contributed by atoms with van der Waals surface area (Å²) in [6.07, 6.45) is -2.85. The van der Waals surface area contributed by atoms with Crippen LogP contribution < -0.4 is 4.90 Å². The number of hydrogen-bond acceptors (Lipinski definition) is 5. The zero-order chi connectivity index (χ0) is 29.2. The third-order valence-corrected chi connectivity index (χ3v) is 8.66. The average Bonchev–Trinajstić information content (AvgIpc) is 3.45. The molecule has 218 valence electrons. The number of hydrogen-bond donors (Lipinski definition) is 0. The van der Waals surface area contributed by atoms with Crippen LogP contribution in [-0.4, -0.2) is 57.8 Å². The highest BCUT2D eigenvalue weighted by atomic mass is 19.4. The van der Waals surface area contributed by atoms with Gasteiger partial charge in [0.25, 0.3) is 11.8 Å². The van der Waals surface area contributed by atoms with Gasteiger partial charge in [-0.1, -0.05) is 19.1 Å². The molecule has 2 fully saturated rings. The molecule has 3 aliphatic heterocycles. The first-order valence-corrected chi connectivity index (χ1v) is 13.5. The predicted octanol–water partition coefficient (Wildman–Crippen LogP) is 4.98. The van der Waals surface area contributed by atoms with Crippen LogP contribution in [0.4, 0.5) is 27.6 Å². The number of alkyl halides is 5. The van der Waals surface area contributed by atoms with Gasteiger partial charge in [0, 0.05) is 62.1 Å². The van der Waals surface area contributed by atoms with Crippen LogP contribution in [0.3, 0.4) is 0 Å². The fourth-order valence-corrected chi connectivity index (χ4v) is 6.08. The summed E-state index contributed by atoms with van der Waals surface area (Å²) >= 11 is 0. The number of fused-ring (bicyclic) bond motifs is 1. The number of ether oxygens (including phenoxy) is 1. The Balaban J connectivity index is 1.29. The summed E-state index contributed by atoms with van der Waals surface area (Å²) in [6.45, 7) is 2.32. The van der Waals surface area contributed by atoms with E-state index in [-0.39, 0.29) is 54.7 Å². The maximum Gasteiger partial charge on any atom is 0.416 e. The Hall–Kier alpha value is -3.38. The first kappa shape index (κ1) is 27.8. The quantitative estimate of drug-likeness (QED) is 0.388. The minimum Gasteiger partial charge on any atom is -0.379 e. The molecule has 0 spiro atoms. The van der Waals surface area contributed by atoms with E-state index in [4.69, 9.17) is 4.74 Å². The Labute approximate surface area is 233 Å². The van der Waals surface area contributed by atoms with E-state index in [0.717, 1.165) is 17.5 Å². The van der Waals surface area contributed by atoms with Gasteiger partial charge in [-0.3, -0.25) is 9.69 Å². The number of aryl methyl sites for hydroxylation is 1. The van der Waals surface area contributed by atoms with Crippen molar-refractivity contribution in [2.45, 2.75) is 50.4 Å². The lowest BCUT2D eigenvalue weighted by molar-refractivity contribution is -0.138. The molecular weight excluding hydrogens is 545 g/mol. The summed E-state index contributed by atoms with van der Waals surface area (Å²) in [4.78, 5) is 16.7. The average molecular weight is 576 g/mol. The highest BCUT2D eigenvalue weighted by molar-refractivity contribution is 6.10. The van der Waals surface area contributed by atoms with Crippen LogP contribution in [-0.2, 0) is 42.9 Å². The summed E-state index contributed by atoms with van der Waals surface area (Å²) in [7, 11) is 1.85. The molecule has 1 aromatic heterocycles. The molecule has 4 heterocycles. The molecule has 0 N–H and O–H groups in total. The summed E-state index contributed by atoms with van der Waals surface area (Å²) in [5.74, 6) is -3.45. The van der Waals surface area contributed by atoms with Crippen molar-refractivity contribution >= 4 is 11.6 Å². The van der Waals surface area contributed by atoms with Crippen LogP contribution in [0.1, 0.15) is 51.8 Å². The van der Waals surface area contributed by atoms with Crippen molar-refractivity contribution < 1.29 is 31.5 Å². The Bertz CT molecular complexity index is 1480. The van der Waals surface area contributed by atoms with Gasteiger partial charge in [-0.05, 0) is 41.0 Å². The molecular formula is C29H30F5N5O2. The van der Waals surface area contributed by atoms with Crippen LogP contribution in [0.5, 0.6) is 0 Å². The van der Waals surface area contributed by atoms with E-state index in [9.17, 15) is 26.7 Å². The highest BCUT2D eigenvalue weighted by Crippen LogP contribution is 2.42. The van der Waals surface area contributed by atoms with Gasteiger partial charge in [0.2, 0.25) is 0 Å². The molecule has 3 aromatic rings. The minimum atomic E-state index is -4.68. The number of amides is 1. The fourth-order valence-electron chi connectivity index (χ4n) is 6.08. The SMILES string of the molecule is C[C@H]1CN(Cc2cc3c(c(C(F)(F)F)c2)CN(c2cccc(C4(Cc5nncn5C)COC4)c2)C3=O)CCC1(F)F. The first-order valence-electron chi connectivity index (χ1n) is 13.5. The molecule has 7 nitrogen and oxygen atoms in total. The van der Waals surface area contributed by atoms with Crippen LogP contribution in [0.2, 0.25) is 0 Å². The molecule has 2 saturated heterocycles. The molecule has 0 unspecified atom stereocenters. The fraction of sp³-hybridized carbons (Fsp3) is 0.483. The van der Waals surface area contributed by atoms with E-state index in [1.807, 2.05) is 23.7 Å². The van der Waals surface area contributed by atoms with Crippen LogP contribution in [0, 0.1) is 5.92 Å². The second kappa shape index (κ2) is 9.87. The maximum absolute atomic E-state index is 14.2. The van der Waals surface area contributed by atoms with Gasteiger partial charge in [0.15, 0.2) is 0 Å². The third-order valence-electron chi connectivity index (χ3n) is 8.66. The van der Waals surface area contributed by atoms with Crippen LogP contribution >= 0.6 is 0 Å². The number of likely N-dealkylation sites (tertiary alicyclic amines) is 1. The molecule has 0 radical (unpaired) electrons. The van der Waals surface area contributed by atoms with E-state index in [0.29, 0.717) is 25.3 Å². The number of benzene rings is 2. The lowest BCUT2D eigenvalue weighted by Gasteiger charge is -2.42. The Morgan fingerprint density at radius 1 is 1.15 bits per heavy atom. The van der Waals surface area contributed by atoms with Gasteiger partial charge < -0.3 is 14.2 Å². The molecule has 0 saturated carbocycles. The topological polar surface area (TPSA) is 63.5 Å². The monoisotopic (exact) mass is 575 g/mol. The zero-order valence-corrected chi connectivity index (χ0v) is 22.7. The smallest absolute Gasteiger partial charge is 0.379 e. The Morgan fingerprint density at radius 3 is 2.56 bits per heavy atom. The standard InChI is InChI=1S/C29H30F5N5O2/c1-18-12-38(7-6-28(18,30)31)13-19-8-22-23(24(9-19)29(32,33)34)14-39(26(22)40)21-5-3-4-20(10-21)27(15-41-16-27)11-25-36-35-17-37(25)2/h3-5,8-10,17-18H,6-7,11-16H2,1-2H3/t18-/m0/s1. The number of anilines is 1. The number of carbonyl (C=O) groups is 1. The Morgan fingerprint density at radius 2 is 1.93 bits per heavy atom. The second-order valence-corrected chi connectivity index (χ2v) is 11.6. The number of piperidine rings is 1. The lowest BCUT2D eigenvalue weighted by atomic mass is 9.75. The van der Waals surface area contributed by atoms with Gasteiger partial charge in [0.1, 0.15) is 12.2 Å². The summed E-state index contributed by atoms with van der Waals surface area (Å²) in [5, 5.41) is 8.13. The lowest BCUT2D eigenvalue weighted by Crippen LogP contribution is -2.49. The number of halogens is 5. The van der Waals surface area contributed by atoms with Gasteiger partial charge in [0.05, 0.1) is 25.3 Å². The van der Waals surface area contributed by atoms with Crippen molar-refractivity contribution in [2.75, 3.05) is 31.2 Å². The van der Waals surface area contributed by atoms with E-state index in [1.54, 1.807) is 23.4 Å². The molecule has 41 heavy (non-hydrogen) atoms. The molecule has 12 heteroatoms. The number of rotatable bonds is 6. The van der Waals surface area contributed by atoms with Crippen LogP contribution in [0.15, 0.2) is 42.7 Å². The van der Waals surface area contributed by atoms with Crippen molar-refractivity contribution in [3.8, 4) is 0 Å². The van der Waals surface area contributed by atoms with E-state index in [2.05, 4.69) is 10.2 Å². The summed E-state index contributed by atoms with van der Waals surface area (Å²) in [5.41, 5.74) is 0.354. The maximum atomic E-state index is 14.2. The van der Waals surface area contributed by atoms with Gasteiger partial charge >= 0.3 is 6.18 Å². The molecule has 1 amide bonds. The summed E-state index contributed by atoms with van der Waals surface area (Å²) < 4.78 is 78.0. The number of aromatic nitrogens is 3. The van der Waals surface area contributed by atoms with Crippen LogP contribution in [0.25, 0.3) is 0 Å². The van der Waals surface area contributed by atoms with Crippen molar-refractivity contribution in [3.05, 3.63) is 76.4 Å². The van der Waals surface area contributed by atoms with Crippen molar-refractivity contribution in [1.82, 2.24) is 19.7 Å². The molecule has 0 bridgehead atoms. The molecule has 0 aliphatic carbocycles. The highest BCUT2D eigenvalue weighted by Gasteiger charge is 2.44. The van der Waals surface area contributed by atoms with Gasteiger partial charge in [-0.2, -0.15) is 13.2 Å². The van der Waals surface area contributed by atoms with E-state index in [1.165, 1.54) is 17.9 Å². The zero-order valence-electron chi connectivity index (χ0n) is 22.7. The van der Waals surface area contributed by atoms with E-state index >= 15 is 0 Å². The third kappa shape index (κ3) is 5.01. The van der Waals surface area contributed by atoms with Gasteiger partial charge in [-0.25, -0.2) is 8.78 Å². The molecule has 2 aromatic carbocycles. The number of nitrogens with zero attached hydrogens (tertiary/aromatic N) is 5. The minimum absolute atomic E-state index is 0.00334. The largest absolute Gasteiger partial charge is 0.416 e. The van der Waals surface area contributed by atoms with Crippen molar-refractivity contribution in [3.63, 3.8) is 0 Å². The van der Waals surface area contributed by atoms with Crippen molar-refractivity contribution in [1.29, 1.82) is 0 Å². The van der Waals surface area contributed by atoms with Gasteiger partial charge in [-0.15, -0.1) is 10.2 Å². The molecule has 3 aliphatic rings. The summed E-state index contributed by atoms with van der Waals surface area (Å²) in [6, 6.07) is 9.83. The molecule has 6 rings (SSSR count). The Kier molecular flexibility index (Phi) is 6.68. The van der Waals surface area contributed by atoms with Crippen molar-refractivity contribution in [2.24, 2.45) is 13.0 Å².